The van der Waals surface area contributed by atoms with Crippen LogP contribution >= 0.6 is 0 Å². The Hall–Kier alpha value is -2.18. The summed E-state index contributed by atoms with van der Waals surface area (Å²) in [7, 11) is 0. The normalized spacial score (nSPS) is 17.8. The number of hydrogen-bond acceptors (Lipinski definition) is 5. The molecule has 2 heterocycles. The molecule has 96 valence electrons. The third kappa shape index (κ3) is 2.55. The summed E-state index contributed by atoms with van der Waals surface area (Å²) in [6.45, 7) is 1.18. The fourth-order valence-corrected chi connectivity index (χ4v) is 2.05. The second-order valence-electron chi connectivity index (χ2n) is 4.22. The van der Waals surface area contributed by atoms with Gasteiger partial charge in [0, 0.05) is 31.4 Å². The number of hydrogen-bond donors (Lipinski definition) is 2. The number of oxime groups is 1. The van der Waals surface area contributed by atoms with Gasteiger partial charge in [0.2, 0.25) is 0 Å². The predicted molar refractivity (Wildman–Crippen MR) is 64.1 cm³/mol. The molecule has 0 aromatic carbocycles. The van der Waals surface area contributed by atoms with E-state index in [1.165, 1.54) is 18.7 Å². The molecule has 1 fully saturated rings. The quantitative estimate of drug-likeness (QED) is 0.334. The third-order valence-electron chi connectivity index (χ3n) is 3.12. The molecule has 0 bridgehead atoms. The second kappa shape index (κ2) is 5.44. The number of carbonyl (C=O) groups is 1. The fourth-order valence-electron chi connectivity index (χ4n) is 2.05. The van der Waals surface area contributed by atoms with Gasteiger partial charge in [-0.1, -0.05) is 5.16 Å². The first-order valence-electron chi connectivity index (χ1n) is 5.74. The highest BCUT2D eigenvalue weighted by molar-refractivity contribution is 5.93. The predicted octanol–water partition coefficient (Wildman–Crippen LogP) is 0.0752. The van der Waals surface area contributed by atoms with Gasteiger partial charge >= 0.3 is 0 Å². The van der Waals surface area contributed by atoms with Crippen molar-refractivity contribution in [1.29, 1.82) is 0 Å². The van der Waals surface area contributed by atoms with Crippen molar-refractivity contribution in [1.82, 2.24) is 14.9 Å². The Labute approximate surface area is 104 Å². The first kappa shape index (κ1) is 12.3. The van der Waals surface area contributed by atoms with Crippen LogP contribution in [0.1, 0.15) is 23.2 Å². The van der Waals surface area contributed by atoms with Crippen LogP contribution in [0.5, 0.6) is 0 Å². The van der Waals surface area contributed by atoms with Crippen molar-refractivity contribution >= 4 is 11.7 Å². The molecular formula is C11H15N5O2. The highest BCUT2D eigenvalue weighted by atomic mass is 16.4. The summed E-state index contributed by atoms with van der Waals surface area (Å²) in [5.74, 6) is 0.213. The molecule has 3 N–H and O–H groups in total. The Kier molecular flexibility index (Phi) is 3.71. The minimum absolute atomic E-state index is 0.0473. The van der Waals surface area contributed by atoms with Crippen molar-refractivity contribution in [2.24, 2.45) is 16.8 Å². The largest absolute Gasteiger partial charge is 0.409 e. The Morgan fingerprint density at radius 2 is 2.00 bits per heavy atom. The van der Waals surface area contributed by atoms with E-state index >= 15 is 0 Å². The topological polar surface area (TPSA) is 105 Å². The van der Waals surface area contributed by atoms with Gasteiger partial charge in [-0.3, -0.25) is 4.79 Å². The molecule has 1 aliphatic rings. The van der Waals surface area contributed by atoms with E-state index in [0.29, 0.717) is 31.5 Å². The minimum Gasteiger partial charge on any atom is -0.409 e. The molecule has 7 heteroatoms. The highest BCUT2D eigenvalue weighted by Crippen LogP contribution is 2.18. The van der Waals surface area contributed by atoms with E-state index in [1.54, 1.807) is 4.90 Å². The lowest BCUT2D eigenvalue weighted by Gasteiger charge is -2.31. The van der Waals surface area contributed by atoms with Crippen molar-refractivity contribution in [2.75, 3.05) is 13.1 Å². The Balaban J connectivity index is 1.96. The molecule has 0 radical (unpaired) electrons. The van der Waals surface area contributed by atoms with Gasteiger partial charge in [0.1, 0.15) is 12.2 Å². The zero-order valence-corrected chi connectivity index (χ0v) is 9.86. The van der Waals surface area contributed by atoms with Gasteiger partial charge < -0.3 is 15.8 Å². The van der Waals surface area contributed by atoms with E-state index in [4.69, 9.17) is 10.9 Å². The molecule has 0 unspecified atom stereocenters. The van der Waals surface area contributed by atoms with Crippen molar-refractivity contribution in [3.8, 4) is 0 Å². The molecule has 18 heavy (non-hydrogen) atoms. The smallest absolute Gasteiger partial charge is 0.256 e. The molecular weight excluding hydrogens is 234 g/mol. The van der Waals surface area contributed by atoms with Gasteiger partial charge in [0.25, 0.3) is 5.91 Å². The number of amidine groups is 1. The summed E-state index contributed by atoms with van der Waals surface area (Å²) in [5.41, 5.74) is 6.04. The molecule has 0 atom stereocenters. The fraction of sp³-hybridized carbons (Fsp3) is 0.455. The number of aromatic nitrogens is 2. The number of rotatable bonds is 2. The van der Waals surface area contributed by atoms with Gasteiger partial charge in [-0.25, -0.2) is 9.97 Å². The van der Waals surface area contributed by atoms with Crippen LogP contribution in [-0.4, -0.2) is 44.9 Å². The molecule has 1 amide bonds. The summed E-state index contributed by atoms with van der Waals surface area (Å²) in [5, 5.41) is 11.6. The van der Waals surface area contributed by atoms with E-state index in [1.807, 2.05) is 0 Å². The van der Waals surface area contributed by atoms with Crippen LogP contribution in [0.25, 0.3) is 0 Å². The standard InChI is InChI=1S/C11H15N5O2/c12-10(15-18)8-1-3-16(4-2-8)11(17)9-5-13-7-14-6-9/h5-8,18H,1-4H2,(H2,12,15). The maximum Gasteiger partial charge on any atom is 0.256 e. The van der Waals surface area contributed by atoms with Crippen LogP contribution in [0.3, 0.4) is 0 Å². The number of carbonyl (C=O) groups excluding carboxylic acids is 1. The molecule has 7 nitrogen and oxygen atoms in total. The van der Waals surface area contributed by atoms with Crippen molar-refractivity contribution < 1.29 is 10.0 Å². The van der Waals surface area contributed by atoms with Crippen molar-refractivity contribution in [2.45, 2.75) is 12.8 Å². The second-order valence-corrected chi connectivity index (χ2v) is 4.22. The maximum atomic E-state index is 12.1. The summed E-state index contributed by atoms with van der Waals surface area (Å²) < 4.78 is 0. The van der Waals surface area contributed by atoms with Crippen LogP contribution in [0, 0.1) is 5.92 Å². The molecule has 0 saturated carbocycles. The summed E-state index contributed by atoms with van der Waals surface area (Å²) in [6.07, 6.45) is 5.81. The molecule has 1 aliphatic heterocycles. The van der Waals surface area contributed by atoms with Crippen molar-refractivity contribution in [3.05, 3.63) is 24.3 Å². The summed E-state index contributed by atoms with van der Waals surface area (Å²) in [4.78, 5) is 21.5. The first-order valence-corrected chi connectivity index (χ1v) is 5.74. The Morgan fingerprint density at radius 3 is 2.56 bits per heavy atom. The average Bonchev–Trinajstić information content (AvgIpc) is 2.47. The SMILES string of the molecule is NC(=NO)C1CCN(C(=O)c2cncnc2)CC1. The molecule has 0 spiro atoms. The van der Waals surface area contributed by atoms with Gasteiger partial charge in [-0.2, -0.15) is 0 Å². The van der Waals surface area contributed by atoms with E-state index in [9.17, 15) is 4.79 Å². The van der Waals surface area contributed by atoms with E-state index in [-0.39, 0.29) is 17.7 Å². The number of piperidine rings is 1. The Bertz CT molecular complexity index is 440. The lowest BCUT2D eigenvalue weighted by Crippen LogP contribution is -2.41. The molecule has 1 aromatic rings. The summed E-state index contributed by atoms with van der Waals surface area (Å²) >= 11 is 0. The molecule has 0 aliphatic carbocycles. The highest BCUT2D eigenvalue weighted by Gasteiger charge is 2.25. The van der Waals surface area contributed by atoms with E-state index in [2.05, 4.69) is 15.1 Å². The van der Waals surface area contributed by atoms with Gasteiger partial charge in [-0.15, -0.1) is 0 Å². The molecule has 1 saturated heterocycles. The van der Waals surface area contributed by atoms with Gasteiger partial charge in [0.05, 0.1) is 5.56 Å². The first-order chi connectivity index (χ1) is 8.72. The number of amides is 1. The summed E-state index contributed by atoms with van der Waals surface area (Å²) in [6, 6.07) is 0. The third-order valence-corrected chi connectivity index (χ3v) is 3.12. The van der Waals surface area contributed by atoms with Crippen LogP contribution in [0.15, 0.2) is 23.9 Å². The lowest BCUT2D eigenvalue weighted by molar-refractivity contribution is 0.0708. The van der Waals surface area contributed by atoms with Crippen LogP contribution in [0.2, 0.25) is 0 Å². The number of nitrogens with two attached hydrogens (primary N) is 1. The minimum atomic E-state index is -0.0754. The monoisotopic (exact) mass is 249 g/mol. The van der Waals surface area contributed by atoms with Gasteiger partial charge in [-0.05, 0) is 12.8 Å². The van der Waals surface area contributed by atoms with Gasteiger partial charge in [0.15, 0.2) is 0 Å². The number of likely N-dealkylation sites (tertiary alicyclic amines) is 1. The van der Waals surface area contributed by atoms with Crippen LogP contribution in [0.4, 0.5) is 0 Å². The van der Waals surface area contributed by atoms with E-state index in [0.717, 1.165) is 0 Å². The van der Waals surface area contributed by atoms with Crippen molar-refractivity contribution in [3.63, 3.8) is 0 Å². The zero-order valence-electron chi connectivity index (χ0n) is 9.86. The maximum absolute atomic E-state index is 12.1. The van der Waals surface area contributed by atoms with E-state index < -0.39 is 0 Å². The number of nitrogens with zero attached hydrogens (tertiary/aromatic N) is 4. The molecule has 2 rings (SSSR count). The lowest BCUT2D eigenvalue weighted by atomic mass is 9.95. The Morgan fingerprint density at radius 1 is 1.39 bits per heavy atom. The zero-order chi connectivity index (χ0) is 13.0. The molecule has 1 aromatic heterocycles. The average molecular weight is 249 g/mol. The van der Waals surface area contributed by atoms with Crippen LogP contribution < -0.4 is 5.73 Å². The van der Waals surface area contributed by atoms with Crippen LogP contribution in [-0.2, 0) is 0 Å².